The molecule has 2 aromatic carbocycles. The van der Waals surface area contributed by atoms with Crippen molar-refractivity contribution < 1.29 is 18.5 Å². The summed E-state index contributed by atoms with van der Waals surface area (Å²) >= 11 is 0. The number of primary sulfonamides is 1. The maximum atomic E-state index is 11.9. The first-order valence-electron chi connectivity index (χ1n) is 8.13. The molecule has 6 nitrogen and oxygen atoms in total. The van der Waals surface area contributed by atoms with Gasteiger partial charge in [0.2, 0.25) is 10.0 Å². The smallest absolute Gasteiger partial charge is 0.275 e. The number of nitrogens with one attached hydrogen (secondary N) is 1. The van der Waals surface area contributed by atoms with E-state index in [2.05, 4.69) is 12.2 Å². The average Bonchev–Trinajstić information content (AvgIpc) is 2.60. The number of rotatable bonds is 8. The highest BCUT2D eigenvalue weighted by atomic mass is 32.2. The van der Waals surface area contributed by atoms with Crippen LogP contribution in [0.1, 0.15) is 24.1 Å². The maximum Gasteiger partial charge on any atom is 0.275 e. The van der Waals surface area contributed by atoms with Crippen molar-refractivity contribution in [1.29, 1.82) is 0 Å². The van der Waals surface area contributed by atoms with E-state index in [0.29, 0.717) is 19.5 Å². The zero-order valence-electron chi connectivity index (χ0n) is 14.2. The van der Waals surface area contributed by atoms with Gasteiger partial charge in [-0.3, -0.25) is 4.79 Å². The van der Waals surface area contributed by atoms with Gasteiger partial charge in [-0.1, -0.05) is 42.5 Å². The molecular weight excluding hydrogens is 338 g/mol. The van der Waals surface area contributed by atoms with Crippen molar-refractivity contribution in [2.75, 3.05) is 13.1 Å². The van der Waals surface area contributed by atoms with Crippen LogP contribution in [0.5, 0.6) is 0 Å². The van der Waals surface area contributed by atoms with Crippen LogP contribution < -0.4 is 15.8 Å². The van der Waals surface area contributed by atoms with Crippen molar-refractivity contribution in [3.05, 3.63) is 65.7 Å². The summed E-state index contributed by atoms with van der Waals surface area (Å²) in [5.41, 5.74) is 2.12. The normalized spacial score (nSPS) is 12.6. The van der Waals surface area contributed by atoms with Crippen LogP contribution in [0.15, 0.2) is 59.5 Å². The van der Waals surface area contributed by atoms with E-state index in [9.17, 15) is 13.2 Å². The molecule has 0 aliphatic rings. The van der Waals surface area contributed by atoms with E-state index in [1.165, 1.54) is 17.7 Å². The largest absolute Gasteiger partial charge is 0.351 e. The molecule has 0 heterocycles. The van der Waals surface area contributed by atoms with Gasteiger partial charge < -0.3 is 10.6 Å². The van der Waals surface area contributed by atoms with Gasteiger partial charge in [0.05, 0.1) is 4.90 Å². The van der Waals surface area contributed by atoms with Crippen LogP contribution in [-0.2, 0) is 21.2 Å². The lowest BCUT2D eigenvalue weighted by Gasteiger charge is -2.11. The Labute approximate surface area is 148 Å². The van der Waals surface area contributed by atoms with Gasteiger partial charge in [0.15, 0.2) is 6.54 Å². The Balaban J connectivity index is 1.72. The molecule has 0 aliphatic heterocycles. The van der Waals surface area contributed by atoms with Crippen LogP contribution in [0.4, 0.5) is 0 Å². The average molecular weight is 362 g/mol. The molecular formula is C18H24N3O3S+. The van der Waals surface area contributed by atoms with E-state index < -0.39 is 10.0 Å². The molecule has 134 valence electrons. The van der Waals surface area contributed by atoms with Gasteiger partial charge in [-0.05, 0) is 31.0 Å². The van der Waals surface area contributed by atoms with Gasteiger partial charge >= 0.3 is 0 Å². The van der Waals surface area contributed by atoms with E-state index >= 15 is 0 Å². The lowest BCUT2D eigenvalue weighted by molar-refractivity contribution is -0.682. The highest BCUT2D eigenvalue weighted by molar-refractivity contribution is 7.89. The molecule has 7 heteroatoms. The van der Waals surface area contributed by atoms with E-state index in [4.69, 9.17) is 5.14 Å². The second kappa shape index (κ2) is 8.75. The predicted molar refractivity (Wildman–Crippen MR) is 96.2 cm³/mol. The Morgan fingerprint density at radius 1 is 1.12 bits per heavy atom. The highest BCUT2D eigenvalue weighted by Crippen LogP contribution is 2.09. The third kappa shape index (κ3) is 6.30. The molecule has 0 spiro atoms. The molecule has 5 N–H and O–H groups in total. The fourth-order valence-electron chi connectivity index (χ4n) is 2.44. The summed E-state index contributed by atoms with van der Waals surface area (Å²) in [5, 5.41) is 9.92. The quantitative estimate of drug-likeness (QED) is 0.629. The minimum Gasteiger partial charge on any atom is -0.351 e. The Hall–Kier alpha value is -2.22. The van der Waals surface area contributed by atoms with E-state index in [1.54, 1.807) is 12.1 Å². The lowest BCUT2D eigenvalue weighted by atomic mass is 10.1. The van der Waals surface area contributed by atoms with Crippen molar-refractivity contribution in [2.24, 2.45) is 5.14 Å². The van der Waals surface area contributed by atoms with Gasteiger partial charge in [0, 0.05) is 12.1 Å². The monoisotopic (exact) mass is 362 g/mol. The molecule has 1 amide bonds. The van der Waals surface area contributed by atoms with Crippen LogP contribution in [-0.4, -0.2) is 27.4 Å². The number of amides is 1. The zero-order valence-corrected chi connectivity index (χ0v) is 15.0. The molecule has 0 fully saturated rings. The van der Waals surface area contributed by atoms with E-state index in [-0.39, 0.29) is 16.8 Å². The summed E-state index contributed by atoms with van der Waals surface area (Å²) in [6.07, 6.45) is 0.630. The predicted octanol–water partition coefficient (Wildman–Crippen LogP) is 0.317. The van der Waals surface area contributed by atoms with Crippen molar-refractivity contribution in [2.45, 2.75) is 24.3 Å². The standard InChI is InChI=1S/C18H23N3O3S/c1-14(16-5-3-2-4-6-16)21-13-18(22)20-12-11-15-7-9-17(10-8-15)25(19,23)24/h2-10,14,21H,11-13H2,1H3,(H,20,22)(H2,19,23,24)/p+1/t14-/m0/s1. The first kappa shape index (κ1) is 19.1. The molecule has 1 atom stereocenters. The third-order valence-corrected chi connectivity index (χ3v) is 4.90. The first-order chi connectivity index (χ1) is 11.9. The SMILES string of the molecule is C[C@H]([NH2+]CC(=O)NCCc1ccc(S(N)(=O)=O)cc1)c1ccccc1. The number of hydrogen-bond donors (Lipinski definition) is 3. The number of hydrogen-bond acceptors (Lipinski definition) is 3. The van der Waals surface area contributed by atoms with Crippen molar-refractivity contribution >= 4 is 15.9 Å². The molecule has 2 aromatic rings. The number of quaternary nitrogens is 1. The van der Waals surface area contributed by atoms with Crippen molar-refractivity contribution in [3.8, 4) is 0 Å². The Morgan fingerprint density at radius 3 is 2.36 bits per heavy atom. The van der Waals surface area contributed by atoms with Crippen LogP contribution in [0.2, 0.25) is 0 Å². The lowest BCUT2D eigenvalue weighted by Crippen LogP contribution is -2.87. The third-order valence-electron chi connectivity index (χ3n) is 3.97. The topological polar surface area (TPSA) is 106 Å². The Bertz CT molecular complexity index is 790. The molecule has 0 aliphatic carbocycles. The minimum atomic E-state index is -3.67. The second-order valence-electron chi connectivity index (χ2n) is 5.93. The van der Waals surface area contributed by atoms with Crippen LogP contribution in [0.3, 0.4) is 0 Å². The summed E-state index contributed by atoms with van der Waals surface area (Å²) in [7, 11) is -3.67. The molecule has 0 radical (unpaired) electrons. The molecule has 0 unspecified atom stereocenters. The Morgan fingerprint density at radius 2 is 1.76 bits per heavy atom. The fraction of sp³-hybridized carbons (Fsp3) is 0.278. The number of benzene rings is 2. The van der Waals surface area contributed by atoms with Crippen LogP contribution in [0.25, 0.3) is 0 Å². The minimum absolute atomic E-state index is 0.0241. The number of carbonyl (C=O) groups is 1. The molecule has 2 rings (SSSR count). The van der Waals surface area contributed by atoms with E-state index in [1.807, 2.05) is 35.6 Å². The molecule has 25 heavy (non-hydrogen) atoms. The fourth-order valence-corrected chi connectivity index (χ4v) is 2.96. The van der Waals surface area contributed by atoms with Gasteiger partial charge in [0.1, 0.15) is 6.04 Å². The van der Waals surface area contributed by atoms with Crippen LogP contribution >= 0.6 is 0 Å². The van der Waals surface area contributed by atoms with Gasteiger partial charge in [-0.2, -0.15) is 0 Å². The number of sulfonamides is 1. The molecule has 0 saturated heterocycles. The summed E-state index contributed by atoms with van der Waals surface area (Å²) in [4.78, 5) is 12.0. The van der Waals surface area contributed by atoms with Crippen LogP contribution in [0, 0.1) is 0 Å². The summed E-state index contributed by atoms with van der Waals surface area (Å²) in [6, 6.07) is 16.6. The molecule has 0 saturated carbocycles. The van der Waals surface area contributed by atoms with Crippen molar-refractivity contribution in [3.63, 3.8) is 0 Å². The first-order valence-corrected chi connectivity index (χ1v) is 9.67. The molecule has 0 bridgehead atoms. The van der Waals surface area contributed by atoms with Gasteiger partial charge in [-0.15, -0.1) is 0 Å². The van der Waals surface area contributed by atoms with Crippen molar-refractivity contribution in [1.82, 2.24) is 5.32 Å². The number of carbonyl (C=O) groups excluding carboxylic acids is 1. The van der Waals surface area contributed by atoms with E-state index in [0.717, 1.165) is 5.56 Å². The zero-order chi connectivity index (χ0) is 18.3. The highest BCUT2D eigenvalue weighted by Gasteiger charge is 2.11. The summed E-state index contributed by atoms with van der Waals surface area (Å²) in [6.45, 7) is 2.93. The summed E-state index contributed by atoms with van der Waals surface area (Å²) in [5.74, 6) is -0.0241. The van der Waals surface area contributed by atoms with Gasteiger partial charge in [0.25, 0.3) is 5.91 Å². The second-order valence-corrected chi connectivity index (χ2v) is 7.49. The molecule has 0 aromatic heterocycles. The summed E-state index contributed by atoms with van der Waals surface area (Å²) < 4.78 is 22.4. The van der Waals surface area contributed by atoms with Gasteiger partial charge in [-0.25, -0.2) is 13.6 Å². The maximum absolute atomic E-state index is 11.9. The Kier molecular flexibility index (Phi) is 6.69. The number of nitrogens with two attached hydrogens (primary N) is 2.